The number of hydrogen-bond donors (Lipinski definition) is 0. The fraction of sp³-hybridized carbons (Fsp3) is 0.417. The van der Waals surface area contributed by atoms with Gasteiger partial charge in [0.05, 0.1) is 5.33 Å². The Kier molecular flexibility index (Phi) is 6.46. The lowest BCUT2D eigenvalue weighted by molar-refractivity contribution is 0.102. The SMILES string of the molecule is CC.Cc1cccc(C)c1C(=O)CBr. The first-order chi connectivity index (χ1) is 6.66. The van der Waals surface area contributed by atoms with Gasteiger partial charge in [-0.3, -0.25) is 4.79 Å². The molecule has 78 valence electrons. The Labute approximate surface area is 94.7 Å². The zero-order valence-electron chi connectivity index (χ0n) is 9.23. The quantitative estimate of drug-likeness (QED) is 0.580. The van der Waals surface area contributed by atoms with Gasteiger partial charge in [0.15, 0.2) is 5.78 Å². The van der Waals surface area contributed by atoms with Crippen molar-refractivity contribution in [3.05, 3.63) is 34.9 Å². The van der Waals surface area contributed by atoms with E-state index in [-0.39, 0.29) is 5.78 Å². The lowest BCUT2D eigenvalue weighted by Gasteiger charge is -2.05. The van der Waals surface area contributed by atoms with E-state index in [1.54, 1.807) is 0 Å². The maximum atomic E-state index is 11.4. The minimum Gasteiger partial charge on any atom is -0.293 e. The fourth-order valence-electron chi connectivity index (χ4n) is 1.32. The Balaban J connectivity index is 0.000000791. The lowest BCUT2D eigenvalue weighted by Crippen LogP contribution is -2.04. The van der Waals surface area contributed by atoms with Crippen LogP contribution < -0.4 is 0 Å². The molecule has 0 unspecified atom stereocenters. The van der Waals surface area contributed by atoms with E-state index in [9.17, 15) is 4.79 Å². The second-order valence-electron chi connectivity index (χ2n) is 2.82. The van der Waals surface area contributed by atoms with Crippen molar-refractivity contribution in [1.29, 1.82) is 0 Å². The van der Waals surface area contributed by atoms with Crippen molar-refractivity contribution in [1.82, 2.24) is 0 Å². The summed E-state index contributed by atoms with van der Waals surface area (Å²) in [5.41, 5.74) is 2.97. The van der Waals surface area contributed by atoms with Crippen LogP contribution >= 0.6 is 15.9 Å². The summed E-state index contributed by atoms with van der Waals surface area (Å²) in [7, 11) is 0. The maximum Gasteiger partial charge on any atom is 0.173 e. The van der Waals surface area contributed by atoms with E-state index in [2.05, 4.69) is 15.9 Å². The predicted octanol–water partition coefficient (Wildman–Crippen LogP) is 3.91. The summed E-state index contributed by atoms with van der Waals surface area (Å²) in [6.45, 7) is 7.92. The molecule has 14 heavy (non-hydrogen) atoms. The average molecular weight is 257 g/mol. The monoisotopic (exact) mass is 256 g/mol. The number of hydrogen-bond acceptors (Lipinski definition) is 1. The van der Waals surface area contributed by atoms with Gasteiger partial charge in [-0.25, -0.2) is 0 Å². The number of Topliss-reactive ketones (excluding diaryl/α,β-unsaturated/α-hetero) is 1. The van der Waals surface area contributed by atoms with Gasteiger partial charge in [0.2, 0.25) is 0 Å². The largest absolute Gasteiger partial charge is 0.293 e. The summed E-state index contributed by atoms with van der Waals surface area (Å²) in [5, 5.41) is 0.401. The Bertz CT molecular complexity index is 285. The van der Waals surface area contributed by atoms with Crippen LogP contribution in [0.15, 0.2) is 18.2 Å². The molecule has 0 spiro atoms. The zero-order valence-corrected chi connectivity index (χ0v) is 10.8. The van der Waals surface area contributed by atoms with Gasteiger partial charge in [-0.15, -0.1) is 0 Å². The van der Waals surface area contributed by atoms with Crippen molar-refractivity contribution in [2.75, 3.05) is 5.33 Å². The highest BCUT2D eigenvalue weighted by Crippen LogP contribution is 2.14. The highest BCUT2D eigenvalue weighted by molar-refractivity contribution is 9.09. The molecule has 0 atom stereocenters. The number of ketones is 1. The summed E-state index contributed by atoms with van der Waals surface area (Å²) in [6.07, 6.45) is 0. The molecule has 0 heterocycles. The van der Waals surface area contributed by atoms with Crippen molar-refractivity contribution in [3.63, 3.8) is 0 Å². The summed E-state index contributed by atoms with van der Waals surface area (Å²) >= 11 is 3.17. The van der Waals surface area contributed by atoms with Crippen LogP contribution in [0.5, 0.6) is 0 Å². The highest BCUT2D eigenvalue weighted by atomic mass is 79.9. The van der Waals surface area contributed by atoms with Crippen molar-refractivity contribution < 1.29 is 4.79 Å². The Morgan fingerprint density at radius 2 is 1.64 bits per heavy atom. The number of aryl methyl sites for hydroxylation is 2. The van der Waals surface area contributed by atoms with E-state index in [1.165, 1.54) is 0 Å². The second-order valence-corrected chi connectivity index (χ2v) is 3.38. The van der Waals surface area contributed by atoms with Crippen LogP contribution in [0.4, 0.5) is 0 Å². The molecule has 0 N–H and O–H groups in total. The van der Waals surface area contributed by atoms with Gasteiger partial charge in [0.25, 0.3) is 0 Å². The topological polar surface area (TPSA) is 17.1 Å². The van der Waals surface area contributed by atoms with Crippen LogP contribution in [0.1, 0.15) is 35.3 Å². The molecule has 0 radical (unpaired) electrons. The molecule has 0 bridgehead atoms. The van der Waals surface area contributed by atoms with Crippen molar-refractivity contribution in [3.8, 4) is 0 Å². The van der Waals surface area contributed by atoms with E-state index in [4.69, 9.17) is 0 Å². The zero-order chi connectivity index (χ0) is 11.1. The molecule has 0 amide bonds. The van der Waals surface area contributed by atoms with E-state index < -0.39 is 0 Å². The van der Waals surface area contributed by atoms with E-state index >= 15 is 0 Å². The van der Waals surface area contributed by atoms with Gasteiger partial charge in [-0.1, -0.05) is 48.0 Å². The third kappa shape index (κ3) is 3.26. The van der Waals surface area contributed by atoms with Gasteiger partial charge in [-0.05, 0) is 25.0 Å². The van der Waals surface area contributed by atoms with Gasteiger partial charge in [0.1, 0.15) is 0 Å². The van der Waals surface area contributed by atoms with Gasteiger partial charge in [-0.2, -0.15) is 0 Å². The van der Waals surface area contributed by atoms with Crippen molar-refractivity contribution in [2.24, 2.45) is 0 Å². The number of rotatable bonds is 2. The molecule has 1 aromatic rings. The van der Waals surface area contributed by atoms with Crippen molar-refractivity contribution in [2.45, 2.75) is 27.7 Å². The van der Waals surface area contributed by atoms with Crippen LogP contribution in [-0.4, -0.2) is 11.1 Å². The number of alkyl halides is 1. The molecular weight excluding hydrogens is 240 g/mol. The van der Waals surface area contributed by atoms with Crippen LogP contribution in [0.25, 0.3) is 0 Å². The number of carbonyl (C=O) groups excluding carboxylic acids is 1. The molecule has 0 aliphatic carbocycles. The van der Waals surface area contributed by atoms with Gasteiger partial charge < -0.3 is 0 Å². The molecular formula is C12H17BrO. The summed E-state index contributed by atoms with van der Waals surface area (Å²) in [6, 6.07) is 5.89. The lowest BCUT2D eigenvalue weighted by atomic mass is 10.0. The molecule has 0 aliphatic heterocycles. The minimum absolute atomic E-state index is 0.158. The fourth-order valence-corrected chi connectivity index (χ4v) is 1.60. The summed E-state index contributed by atoms with van der Waals surface area (Å²) in [5.74, 6) is 0.158. The van der Waals surface area contributed by atoms with E-state index in [1.807, 2.05) is 45.9 Å². The second kappa shape index (κ2) is 6.77. The van der Waals surface area contributed by atoms with E-state index in [0.717, 1.165) is 16.7 Å². The minimum atomic E-state index is 0.158. The average Bonchev–Trinajstić information content (AvgIpc) is 2.20. The van der Waals surface area contributed by atoms with Gasteiger partial charge in [0, 0.05) is 5.56 Å². The molecule has 1 aromatic carbocycles. The van der Waals surface area contributed by atoms with Gasteiger partial charge >= 0.3 is 0 Å². The molecule has 0 aliphatic rings. The van der Waals surface area contributed by atoms with Crippen LogP contribution in [0.3, 0.4) is 0 Å². The predicted molar refractivity (Wildman–Crippen MR) is 65.4 cm³/mol. The standard InChI is InChI=1S/C10H11BrO.C2H6/c1-7-4-3-5-8(2)10(7)9(12)6-11;1-2/h3-5H,6H2,1-2H3;1-2H3. The number of halogens is 1. The maximum absolute atomic E-state index is 11.4. The van der Waals surface area contributed by atoms with Crippen LogP contribution in [0, 0.1) is 13.8 Å². The third-order valence-electron chi connectivity index (χ3n) is 1.88. The normalized spacial score (nSPS) is 8.93. The Morgan fingerprint density at radius 1 is 1.21 bits per heavy atom. The van der Waals surface area contributed by atoms with Crippen LogP contribution in [0.2, 0.25) is 0 Å². The van der Waals surface area contributed by atoms with Crippen LogP contribution in [-0.2, 0) is 0 Å². The molecule has 2 heteroatoms. The summed E-state index contributed by atoms with van der Waals surface area (Å²) in [4.78, 5) is 11.4. The first-order valence-electron chi connectivity index (χ1n) is 4.82. The molecule has 1 nitrogen and oxygen atoms in total. The van der Waals surface area contributed by atoms with Crippen molar-refractivity contribution >= 4 is 21.7 Å². The number of benzene rings is 1. The first-order valence-corrected chi connectivity index (χ1v) is 5.94. The first kappa shape index (κ1) is 13.4. The summed E-state index contributed by atoms with van der Waals surface area (Å²) < 4.78 is 0. The molecule has 0 saturated carbocycles. The molecule has 0 saturated heterocycles. The Hall–Kier alpha value is -0.630. The third-order valence-corrected chi connectivity index (χ3v) is 2.39. The smallest absolute Gasteiger partial charge is 0.173 e. The molecule has 0 aromatic heterocycles. The Morgan fingerprint density at radius 3 is 2.00 bits per heavy atom. The highest BCUT2D eigenvalue weighted by Gasteiger charge is 2.09. The van der Waals surface area contributed by atoms with E-state index in [0.29, 0.717) is 5.33 Å². The number of carbonyl (C=O) groups is 1. The molecule has 0 fully saturated rings. The molecule has 1 rings (SSSR count).